The second-order valence-corrected chi connectivity index (χ2v) is 6.20. The number of alkyl halides is 1. The number of hydrogen-bond acceptors (Lipinski definition) is 1. The molecule has 3 heteroatoms. The maximum atomic E-state index is 13.1. The molecule has 1 saturated carbocycles. The Labute approximate surface area is 118 Å². The normalized spacial score (nSPS) is 18.4. The van der Waals surface area contributed by atoms with Crippen molar-refractivity contribution >= 4 is 15.9 Å². The lowest BCUT2D eigenvalue weighted by Crippen LogP contribution is -2.34. The minimum atomic E-state index is -0.142. The van der Waals surface area contributed by atoms with Crippen LogP contribution in [-0.4, -0.2) is 23.8 Å². The molecule has 1 nitrogen and oxygen atoms in total. The molecule has 0 aromatic heterocycles. The Morgan fingerprint density at radius 1 is 1.33 bits per heavy atom. The standard InChI is InChI=1S/C15H21BrFN/c1-18(10-13-5-4-6-14(17)9-13)12-15(11-16)7-2-3-8-15/h4-6,9H,2-3,7-8,10-12H2,1H3. The first-order chi connectivity index (χ1) is 8.63. The fourth-order valence-corrected chi connectivity index (χ4v) is 3.77. The molecule has 1 aromatic rings. The molecule has 0 heterocycles. The van der Waals surface area contributed by atoms with Gasteiger partial charge in [0, 0.05) is 18.4 Å². The predicted octanol–water partition coefficient (Wildman–Crippen LogP) is 4.21. The van der Waals surface area contributed by atoms with Gasteiger partial charge in [-0.25, -0.2) is 4.39 Å². The van der Waals surface area contributed by atoms with E-state index in [-0.39, 0.29) is 5.82 Å². The summed E-state index contributed by atoms with van der Waals surface area (Å²) >= 11 is 3.67. The van der Waals surface area contributed by atoms with Crippen LogP contribution >= 0.6 is 15.9 Å². The van der Waals surface area contributed by atoms with Crippen molar-refractivity contribution in [2.75, 3.05) is 18.9 Å². The van der Waals surface area contributed by atoms with Crippen LogP contribution in [-0.2, 0) is 6.54 Å². The van der Waals surface area contributed by atoms with Gasteiger partial charge in [0.25, 0.3) is 0 Å². The van der Waals surface area contributed by atoms with Gasteiger partial charge in [-0.2, -0.15) is 0 Å². The van der Waals surface area contributed by atoms with Crippen LogP contribution in [0.15, 0.2) is 24.3 Å². The van der Waals surface area contributed by atoms with Gasteiger partial charge < -0.3 is 4.90 Å². The average Bonchev–Trinajstić information content (AvgIpc) is 2.78. The Hall–Kier alpha value is -0.410. The first kappa shape index (κ1) is 14.0. The largest absolute Gasteiger partial charge is 0.302 e. The van der Waals surface area contributed by atoms with Gasteiger partial charge in [-0.1, -0.05) is 40.9 Å². The maximum absolute atomic E-state index is 13.1. The van der Waals surface area contributed by atoms with Crippen LogP contribution in [0.3, 0.4) is 0 Å². The third-order valence-corrected chi connectivity index (χ3v) is 5.08. The van der Waals surface area contributed by atoms with Crippen molar-refractivity contribution in [3.63, 3.8) is 0 Å². The van der Waals surface area contributed by atoms with E-state index >= 15 is 0 Å². The van der Waals surface area contributed by atoms with Crippen LogP contribution in [0.2, 0.25) is 0 Å². The minimum Gasteiger partial charge on any atom is -0.302 e. The number of benzene rings is 1. The number of halogens is 2. The zero-order chi connectivity index (χ0) is 13.0. The highest BCUT2D eigenvalue weighted by Gasteiger charge is 2.33. The van der Waals surface area contributed by atoms with E-state index in [4.69, 9.17) is 0 Å². The fourth-order valence-electron chi connectivity index (χ4n) is 3.03. The Kier molecular flexibility index (Phi) is 4.79. The molecule has 1 aliphatic rings. The van der Waals surface area contributed by atoms with Gasteiger partial charge in [-0.15, -0.1) is 0 Å². The molecular weight excluding hydrogens is 293 g/mol. The summed E-state index contributed by atoms with van der Waals surface area (Å²) in [5.41, 5.74) is 1.49. The molecule has 0 N–H and O–H groups in total. The molecule has 18 heavy (non-hydrogen) atoms. The van der Waals surface area contributed by atoms with E-state index in [0.717, 1.165) is 24.0 Å². The summed E-state index contributed by atoms with van der Waals surface area (Å²) in [5, 5.41) is 1.08. The fraction of sp³-hybridized carbons (Fsp3) is 0.600. The van der Waals surface area contributed by atoms with Gasteiger partial charge in [-0.3, -0.25) is 0 Å². The lowest BCUT2D eigenvalue weighted by atomic mass is 9.88. The lowest BCUT2D eigenvalue weighted by molar-refractivity contribution is 0.196. The second kappa shape index (κ2) is 6.16. The highest BCUT2D eigenvalue weighted by Crippen LogP contribution is 2.40. The third-order valence-electron chi connectivity index (χ3n) is 3.89. The first-order valence-corrected chi connectivity index (χ1v) is 7.75. The average molecular weight is 314 g/mol. The summed E-state index contributed by atoms with van der Waals surface area (Å²) in [4.78, 5) is 2.32. The van der Waals surface area contributed by atoms with Gasteiger partial charge >= 0.3 is 0 Å². The van der Waals surface area contributed by atoms with Crippen molar-refractivity contribution < 1.29 is 4.39 Å². The topological polar surface area (TPSA) is 3.24 Å². The number of hydrogen-bond donors (Lipinski definition) is 0. The van der Waals surface area contributed by atoms with Crippen LogP contribution in [0, 0.1) is 11.2 Å². The molecule has 0 aliphatic heterocycles. The Morgan fingerprint density at radius 2 is 2.06 bits per heavy atom. The molecule has 0 atom stereocenters. The van der Waals surface area contributed by atoms with Crippen molar-refractivity contribution in [1.82, 2.24) is 4.90 Å². The van der Waals surface area contributed by atoms with E-state index in [1.54, 1.807) is 12.1 Å². The molecule has 100 valence electrons. The second-order valence-electron chi connectivity index (χ2n) is 5.64. The smallest absolute Gasteiger partial charge is 0.123 e. The molecule has 1 aliphatic carbocycles. The molecule has 0 radical (unpaired) electrons. The van der Waals surface area contributed by atoms with E-state index < -0.39 is 0 Å². The maximum Gasteiger partial charge on any atom is 0.123 e. The van der Waals surface area contributed by atoms with Gasteiger partial charge in [-0.05, 0) is 43.0 Å². The van der Waals surface area contributed by atoms with Crippen LogP contribution in [0.5, 0.6) is 0 Å². The van der Waals surface area contributed by atoms with E-state index in [2.05, 4.69) is 27.9 Å². The molecule has 0 bridgehead atoms. The minimum absolute atomic E-state index is 0.142. The molecule has 0 unspecified atom stereocenters. The van der Waals surface area contributed by atoms with Crippen LogP contribution in [0.25, 0.3) is 0 Å². The summed E-state index contributed by atoms with van der Waals surface area (Å²) in [6.45, 7) is 1.92. The van der Waals surface area contributed by atoms with E-state index in [1.165, 1.54) is 31.7 Å². The van der Waals surface area contributed by atoms with Gasteiger partial charge in [0.05, 0.1) is 0 Å². The summed E-state index contributed by atoms with van der Waals surface area (Å²) < 4.78 is 13.1. The highest BCUT2D eigenvalue weighted by molar-refractivity contribution is 9.09. The molecule has 1 aromatic carbocycles. The Morgan fingerprint density at radius 3 is 2.67 bits per heavy atom. The summed E-state index contributed by atoms with van der Waals surface area (Å²) in [6, 6.07) is 6.91. The van der Waals surface area contributed by atoms with Gasteiger partial charge in [0.1, 0.15) is 5.82 Å². The quantitative estimate of drug-likeness (QED) is 0.736. The Balaban J connectivity index is 1.93. The number of rotatable bonds is 5. The van der Waals surface area contributed by atoms with Crippen molar-refractivity contribution in [2.24, 2.45) is 5.41 Å². The van der Waals surface area contributed by atoms with Crippen LogP contribution < -0.4 is 0 Å². The van der Waals surface area contributed by atoms with Crippen molar-refractivity contribution in [2.45, 2.75) is 32.2 Å². The molecule has 0 spiro atoms. The first-order valence-electron chi connectivity index (χ1n) is 6.63. The van der Waals surface area contributed by atoms with E-state index in [0.29, 0.717) is 5.41 Å². The third kappa shape index (κ3) is 3.55. The molecular formula is C15H21BrFN. The van der Waals surface area contributed by atoms with Gasteiger partial charge in [0.15, 0.2) is 0 Å². The summed E-state index contributed by atoms with van der Waals surface area (Å²) in [6.07, 6.45) is 5.32. The summed E-state index contributed by atoms with van der Waals surface area (Å²) in [7, 11) is 2.13. The predicted molar refractivity (Wildman–Crippen MR) is 77.4 cm³/mol. The van der Waals surface area contributed by atoms with Crippen LogP contribution in [0.4, 0.5) is 4.39 Å². The molecule has 1 fully saturated rings. The van der Waals surface area contributed by atoms with Crippen molar-refractivity contribution in [3.05, 3.63) is 35.6 Å². The molecule has 2 rings (SSSR count). The summed E-state index contributed by atoms with van der Waals surface area (Å²) in [5.74, 6) is -0.142. The lowest BCUT2D eigenvalue weighted by Gasteiger charge is -2.32. The molecule has 0 saturated heterocycles. The van der Waals surface area contributed by atoms with Gasteiger partial charge in [0.2, 0.25) is 0 Å². The Bertz CT molecular complexity index is 388. The molecule has 0 amide bonds. The zero-order valence-electron chi connectivity index (χ0n) is 11.0. The SMILES string of the molecule is CN(Cc1cccc(F)c1)CC1(CBr)CCCC1. The number of nitrogens with zero attached hydrogens (tertiary/aromatic N) is 1. The van der Waals surface area contributed by atoms with Crippen LogP contribution in [0.1, 0.15) is 31.2 Å². The highest BCUT2D eigenvalue weighted by atomic mass is 79.9. The van der Waals surface area contributed by atoms with Crippen molar-refractivity contribution in [3.8, 4) is 0 Å². The monoisotopic (exact) mass is 313 g/mol. The van der Waals surface area contributed by atoms with E-state index in [9.17, 15) is 4.39 Å². The van der Waals surface area contributed by atoms with E-state index in [1.807, 2.05) is 6.07 Å². The zero-order valence-corrected chi connectivity index (χ0v) is 12.5. The van der Waals surface area contributed by atoms with Crippen molar-refractivity contribution in [1.29, 1.82) is 0 Å².